The summed E-state index contributed by atoms with van der Waals surface area (Å²) >= 11 is 1.79. The Morgan fingerprint density at radius 3 is 2.90 bits per heavy atom. The van der Waals surface area contributed by atoms with Crippen LogP contribution in [-0.2, 0) is 6.42 Å². The Morgan fingerprint density at radius 2 is 2.15 bits per heavy atom. The van der Waals surface area contributed by atoms with Crippen molar-refractivity contribution in [2.75, 3.05) is 13.2 Å². The van der Waals surface area contributed by atoms with Crippen LogP contribution >= 0.6 is 11.3 Å². The van der Waals surface area contributed by atoms with Crippen LogP contribution in [0.4, 0.5) is 0 Å². The van der Waals surface area contributed by atoms with Gasteiger partial charge in [-0.1, -0.05) is 25.1 Å². The molecule has 0 aliphatic rings. The second-order valence-electron chi connectivity index (χ2n) is 4.93. The van der Waals surface area contributed by atoms with Crippen LogP contribution in [0, 0.1) is 0 Å². The van der Waals surface area contributed by atoms with Gasteiger partial charge >= 0.3 is 0 Å². The van der Waals surface area contributed by atoms with Crippen LogP contribution in [0.25, 0.3) is 0 Å². The maximum Gasteiger partial charge on any atom is 0.119 e. The lowest BCUT2D eigenvalue weighted by Crippen LogP contribution is -2.19. The first-order valence-electron chi connectivity index (χ1n) is 7.28. The van der Waals surface area contributed by atoms with Crippen LogP contribution in [0.1, 0.15) is 36.8 Å². The van der Waals surface area contributed by atoms with Crippen molar-refractivity contribution in [3.8, 4) is 5.75 Å². The molecule has 0 aliphatic carbocycles. The molecule has 1 N–H and O–H groups in total. The van der Waals surface area contributed by atoms with Gasteiger partial charge in [-0.15, -0.1) is 11.3 Å². The van der Waals surface area contributed by atoms with Gasteiger partial charge in [0.25, 0.3) is 0 Å². The Bertz CT molecular complexity index is 495. The third-order valence-corrected chi connectivity index (χ3v) is 4.19. The van der Waals surface area contributed by atoms with Gasteiger partial charge in [-0.3, -0.25) is 0 Å². The molecule has 2 aromatic rings. The number of hydrogen-bond donors (Lipinski definition) is 1. The van der Waals surface area contributed by atoms with Crippen LogP contribution in [0.15, 0.2) is 41.8 Å². The number of rotatable bonds is 8. The lowest BCUT2D eigenvalue weighted by Gasteiger charge is -2.15. The Labute approximate surface area is 125 Å². The standard InChI is InChI=1S/C17H23NOS/c1-3-10-18-14(2)15-6-4-7-16(13-15)19-11-9-17-8-5-12-20-17/h4-8,12-14,18H,3,9-11H2,1-2H3. The lowest BCUT2D eigenvalue weighted by molar-refractivity contribution is 0.322. The topological polar surface area (TPSA) is 21.3 Å². The number of thiophene rings is 1. The highest BCUT2D eigenvalue weighted by molar-refractivity contribution is 7.09. The van der Waals surface area contributed by atoms with E-state index in [2.05, 4.69) is 54.9 Å². The summed E-state index contributed by atoms with van der Waals surface area (Å²) in [4.78, 5) is 1.37. The predicted octanol–water partition coefficient (Wildman–Crippen LogP) is 4.43. The summed E-state index contributed by atoms with van der Waals surface area (Å²) in [7, 11) is 0. The molecule has 1 heterocycles. The third-order valence-electron chi connectivity index (χ3n) is 3.26. The minimum absolute atomic E-state index is 0.371. The van der Waals surface area contributed by atoms with Crippen LogP contribution in [0.3, 0.4) is 0 Å². The SMILES string of the molecule is CCCNC(C)c1cccc(OCCc2cccs2)c1. The van der Waals surface area contributed by atoms with Crippen molar-refractivity contribution in [1.82, 2.24) is 5.32 Å². The number of benzene rings is 1. The van der Waals surface area contributed by atoms with Gasteiger partial charge in [-0.25, -0.2) is 0 Å². The lowest BCUT2D eigenvalue weighted by atomic mass is 10.1. The zero-order chi connectivity index (χ0) is 14.2. The highest BCUT2D eigenvalue weighted by Crippen LogP contribution is 2.19. The van der Waals surface area contributed by atoms with Gasteiger partial charge in [-0.2, -0.15) is 0 Å². The van der Waals surface area contributed by atoms with E-state index in [1.807, 2.05) is 6.07 Å². The van der Waals surface area contributed by atoms with Crippen molar-refractivity contribution in [1.29, 1.82) is 0 Å². The molecule has 0 radical (unpaired) electrons. The van der Waals surface area contributed by atoms with E-state index in [4.69, 9.17) is 4.74 Å². The summed E-state index contributed by atoms with van der Waals surface area (Å²) in [6, 6.07) is 13.0. The first-order chi connectivity index (χ1) is 9.79. The summed E-state index contributed by atoms with van der Waals surface area (Å²) in [6.45, 7) is 6.16. The molecule has 1 unspecified atom stereocenters. The van der Waals surface area contributed by atoms with Gasteiger partial charge in [-0.05, 0) is 49.0 Å². The van der Waals surface area contributed by atoms with Crippen LogP contribution < -0.4 is 10.1 Å². The maximum absolute atomic E-state index is 5.85. The monoisotopic (exact) mass is 289 g/mol. The molecule has 0 bridgehead atoms. The summed E-state index contributed by atoms with van der Waals surface area (Å²) in [5.41, 5.74) is 1.28. The van der Waals surface area contributed by atoms with E-state index in [1.54, 1.807) is 11.3 Å². The van der Waals surface area contributed by atoms with E-state index in [-0.39, 0.29) is 0 Å². The average Bonchev–Trinajstić information content (AvgIpc) is 2.98. The number of nitrogens with one attached hydrogen (secondary N) is 1. The number of ether oxygens (including phenoxy) is 1. The summed E-state index contributed by atoms with van der Waals surface area (Å²) in [6.07, 6.45) is 2.13. The predicted molar refractivity (Wildman–Crippen MR) is 86.7 cm³/mol. The Kier molecular flexibility index (Phi) is 6.09. The van der Waals surface area contributed by atoms with E-state index in [1.165, 1.54) is 10.4 Å². The highest BCUT2D eigenvalue weighted by atomic mass is 32.1. The Morgan fingerprint density at radius 1 is 1.25 bits per heavy atom. The Hall–Kier alpha value is -1.32. The molecule has 1 aromatic carbocycles. The van der Waals surface area contributed by atoms with Crippen LogP contribution in [-0.4, -0.2) is 13.2 Å². The van der Waals surface area contributed by atoms with Gasteiger partial charge in [0.2, 0.25) is 0 Å². The first-order valence-corrected chi connectivity index (χ1v) is 8.16. The largest absolute Gasteiger partial charge is 0.493 e. The highest BCUT2D eigenvalue weighted by Gasteiger charge is 2.05. The van der Waals surface area contributed by atoms with Crippen LogP contribution in [0.2, 0.25) is 0 Å². The molecule has 3 heteroatoms. The van der Waals surface area contributed by atoms with Crippen molar-refractivity contribution >= 4 is 11.3 Å². The quantitative estimate of drug-likeness (QED) is 0.776. The molecule has 1 aromatic heterocycles. The van der Waals surface area contributed by atoms with E-state index in [0.29, 0.717) is 6.04 Å². The van der Waals surface area contributed by atoms with Crippen LogP contribution in [0.5, 0.6) is 5.75 Å². The summed E-state index contributed by atoms with van der Waals surface area (Å²) in [5.74, 6) is 0.962. The van der Waals surface area contributed by atoms with Gasteiger partial charge in [0.15, 0.2) is 0 Å². The molecular weight excluding hydrogens is 266 g/mol. The molecule has 108 valence electrons. The molecule has 0 saturated heterocycles. The summed E-state index contributed by atoms with van der Waals surface area (Å²) in [5, 5.41) is 5.61. The molecule has 2 rings (SSSR count). The van der Waals surface area contributed by atoms with E-state index in [9.17, 15) is 0 Å². The fraction of sp³-hybridized carbons (Fsp3) is 0.412. The zero-order valence-electron chi connectivity index (χ0n) is 12.3. The van der Waals surface area contributed by atoms with Gasteiger partial charge in [0.1, 0.15) is 5.75 Å². The molecular formula is C17H23NOS. The normalized spacial score (nSPS) is 12.3. The fourth-order valence-electron chi connectivity index (χ4n) is 2.08. The maximum atomic E-state index is 5.85. The van der Waals surface area contributed by atoms with Crippen molar-refractivity contribution in [3.05, 3.63) is 52.2 Å². The second kappa shape index (κ2) is 8.08. The van der Waals surface area contributed by atoms with E-state index < -0.39 is 0 Å². The van der Waals surface area contributed by atoms with Crippen molar-refractivity contribution in [2.24, 2.45) is 0 Å². The molecule has 0 spiro atoms. The first kappa shape index (κ1) is 15.1. The fourth-order valence-corrected chi connectivity index (χ4v) is 2.77. The summed E-state index contributed by atoms with van der Waals surface area (Å²) < 4.78 is 5.85. The molecule has 0 fully saturated rings. The van der Waals surface area contributed by atoms with E-state index in [0.717, 1.165) is 31.7 Å². The minimum Gasteiger partial charge on any atom is -0.493 e. The smallest absolute Gasteiger partial charge is 0.119 e. The zero-order valence-corrected chi connectivity index (χ0v) is 13.1. The van der Waals surface area contributed by atoms with E-state index >= 15 is 0 Å². The van der Waals surface area contributed by atoms with Gasteiger partial charge < -0.3 is 10.1 Å². The molecule has 2 nitrogen and oxygen atoms in total. The molecule has 1 atom stereocenters. The second-order valence-corrected chi connectivity index (χ2v) is 5.96. The third kappa shape index (κ3) is 4.66. The van der Waals surface area contributed by atoms with Gasteiger partial charge in [0.05, 0.1) is 6.61 Å². The molecule has 20 heavy (non-hydrogen) atoms. The van der Waals surface area contributed by atoms with Gasteiger partial charge in [0, 0.05) is 17.3 Å². The molecule has 0 amide bonds. The van der Waals surface area contributed by atoms with Crippen molar-refractivity contribution in [3.63, 3.8) is 0 Å². The number of hydrogen-bond acceptors (Lipinski definition) is 3. The van der Waals surface area contributed by atoms with Crippen molar-refractivity contribution in [2.45, 2.75) is 32.7 Å². The minimum atomic E-state index is 0.371. The molecule has 0 aliphatic heterocycles. The average molecular weight is 289 g/mol. The Balaban J connectivity index is 1.85. The van der Waals surface area contributed by atoms with Crippen molar-refractivity contribution < 1.29 is 4.74 Å². The molecule has 0 saturated carbocycles.